The van der Waals surface area contributed by atoms with Gasteiger partial charge >= 0.3 is 12.0 Å². The molecule has 1 aliphatic carbocycles. The van der Waals surface area contributed by atoms with Gasteiger partial charge < -0.3 is 5.11 Å². The number of thioether (sulfide) groups is 1. The molecule has 1 unspecified atom stereocenters. The predicted octanol–water partition coefficient (Wildman–Crippen LogP) is 5.26. The number of anilines is 2. The molecule has 1 heterocycles. The van der Waals surface area contributed by atoms with E-state index in [0.717, 1.165) is 42.7 Å². The van der Waals surface area contributed by atoms with Crippen molar-refractivity contribution in [3.8, 4) is 0 Å². The van der Waals surface area contributed by atoms with Gasteiger partial charge in [-0.1, -0.05) is 50.5 Å². The molecule has 0 saturated heterocycles. The largest absolute Gasteiger partial charge is 0.481 e. The van der Waals surface area contributed by atoms with Crippen LogP contribution >= 0.6 is 23.1 Å². The molecule has 1 aromatic heterocycles. The Morgan fingerprint density at radius 1 is 1.31 bits per heavy atom. The number of unbranched alkanes of at least 4 members (excludes halogenated alkanes) is 1. The van der Waals surface area contributed by atoms with E-state index in [9.17, 15) is 18.0 Å². The van der Waals surface area contributed by atoms with Gasteiger partial charge in [-0.3, -0.25) is 15.0 Å². The first-order valence-corrected chi connectivity index (χ1v) is 15.5. The van der Waals surface area contributed by atoms with Crippen LogP contribution in [0.25, 0.3) is 0 Å². The summed E-state index contributed by atoms with van der Waals surface area (Å²) in [5.41, 5.74) is 0.513. The minimum atomic E-state index is -3.68. The molecular weight excluding hydrogens is 520 g/mol. The second-order valence-electron chi connectivity index (χ2n) is 8.97. The number of carbonyl (C=O) groups excluding carboxylic acids is 1. The second kappa shape index (κ2) is 13.4. The zero-order chi connectivity index (χ0) is 26.1. The number of benzene rings is 1. The van der Waals surface area contributed by atoms with E-state index >= 15 is 0 Å². The highest BCUT2D eigenvalue weighted by Gasteiger charge is 2.25. The fourth-order valence-electron chi connectivity index (χ4n) is 3.86. The third-order valence-electron chi connectivity index (χ3n) is 6.02. The molecule has 2 aromatic rings. The molecule has 3 rings (SSSR count). The van der Waals surface area contributed by atoms with Crippen LogP contribution in [0.5, 0.6) is 0 Å². The number of aromatic nitrogens is 1. The zero-order valence-corrected chi connectivity index (χ0v) is 23.1. The van der Waals surface area contributed by atoms with Crippen LogP contribution in [0.4, 0.5) is 15.6 Å². The van der Waals surface area contributed by atoms with Crippen molar-refractivity contribution in [3.05, 3.63) is 30.5 Å². The number of carboxylic acids is 1. The molecule has 1 fully saturated rings. The normalized spacial score (nSPS) is 15.1. The lowest BCUT2D eigenvalue weighted by Crippen LogP contribution is -2.38. The topological polar surface area (TPSA) is 129 Å². The minimum Gasteiger partial charge on any atom is -0.481 e. The number of carbonyl (C=O) groups is 2. The molecule has 1 atom stereocenters. The number of thiazole rings is 1. The lowest BCUT2D eigenvalue weighted by molar-refractivity contribution is -0.140. The lowest BCUT2D eigenvalue weighted by Gasteiger charge is -2.26. The van der Waals surface area contributed by atoms with Crippen LogP contribution in [0.2, 0.25) is 0 Å². The first-order valence-electron chi connectivity index (χ1n) is 12.2. The van der Waals surface area contributed by atoms with E-state index in [-0.39, 0.29) is 10.9 Å². The maximum atomic E-state index is 13.4. The molecule has 3 N–H and O–H groups in total. The van der Waals surface area contributed by atoms with Gasteiger partial charge in [0.15, 0.2) is 5.13 Å². The SMILES string of the molecule is CCCCNS(=O)(=O)c1cccc(N(CC2CCCC2)C(=O)Nc2ncc(SCC(C)C(=O)O)s2)c1. The highest BCUT2D eigenvalue weighted by atomic mass is 32.2. The lowest BCUT2D eigenvalue weighted by atomic mass is 10.1. The summed E-state index contributed by atoms with van der Waals surface area (Å²) in [6.07, 6.45) is 7.55. The molecule has 2 amide bonds. The second-order valence-corrected chi connectivity index (χ2v) is 13.1. The molecule has 0 aliphatic heterocycles. The van der Waals surface area contributed by atoms with Crippen molar-refractivity contribution in [2.24, 2.45) is 11.8 Å². The summed E-state index contributed by atoms with van der Waals surface area (Å²) in [5.74, 6) is -0.588. The van der Waals surface area contributed by atoms with Gasteiger partial charge in [-0.15, -0.1) is 11.8 Å². The zero-order valence-electron chi connectivity index (χ0n) is 20.6. The van der Waals surface area contributed by atoms with Gasteiger partial charge in [0.2, 0.25) is 10.0 Å². The molecule has 36 heavy (non-hydrogen) atoms. The van der Waals surface area contributed by atoms with Crippen molar-refractivity contribution >= 4 is 55.9 Å². The van der Waals surface area contributed by atoms with Crippen molar-refractivity contribution in [1.29, 1.82) is 0 Å². The average Bonchev–Trinajstić information content (AvgIpc) is 3.53. The standard InChI is InChI=1S/C24H34N4O5S3/c1-3-4-12-26-36(32,33)20-11-7-10-19(13-20)28(15-18-8-5-6-9-18)24(31)27-23-25-14-21(35-23)34-16-17(2)22(29)30/h7,10-11,13-14,17-18,26H,3-6,8-9,12,15-16H2,1-2H3,(H,29,30)(H,25,27,31). The summed E-state index contributed by atoms with van der Waals surface area (Å²) in [7, 11) is -3.68. The van der Waals surface area contributed by atoms with Crippen LogP contribution in [0.1, 0.15) is 52.4 Å². The van der Waals surface area contributed by atoms with E-state index in [4.69, 9.17) is 5.11 Å². The summed E-state index contributed by atoms with van der Waals surface area (Å²) in [6, 6.07) is 6.10. The number of rotatable bonds is 13. The van der Waals surface area contributed by atoms with Crippen LogP contribution in [0.3, 0.4) is 0 Å². The summed E-state index contributed by atoms with van der Waals surface area (Å²) in [4.78, 5) is 30.4. The minimum absolute atomic E-state index is 0.126. The summed E-state index contributed by atoms with van der Waals surface area (Å²) < 4.78 is 29.0. The molecule has 1 aliphatic rings. The molecule has 9 nitrogen and oxygen atoms in total. The number of carboxylic acid groups (broad SMARTS) is 1. The highest BCUT2D eigenvalue weighted by molar-refractivity contribution is 8.01. The van der Waals surface area contributed by atoms with E-state index < -0.39 is 21.9 Å². The maximum absolute atomic E-state index is 13.4. The van der Waals surface area contributed by atoms with E-state index in [1.807, 2.05) is 6.92 Å². The fourth-order valence-corrected chi connectivity index (χ4v) is 6.88. The van der Waals surface area contributed by atoms with Gasteiger partial charge in [-0.25, -0.2) is 22.9 Å². The third-order valence-corrected chi connectivity index (χ3v) is 9.84. The number of nitrogens with one attached hydrogen (secondary N) is 2. The first-order chi connectivity index (χ1) is 17.2. The van der Waals surface area contributed by atoms with Gasteiger partial charge in [-0.05, 0) is 43.4 Å². The Kier molecular flexibility index (Phi) is 10.6. The van der Waals surface area contributed by atoms with Crippen molar-refractivity contribution < 1.29 is 23.1 Å². The van der Waals surface area contributed by atoms with Gasteiger partial charge in [0, 0.05) is 24.5 Å². The Labute approximate surface area is 221 Å². The maximum Gasteiger partial charge on any atom is 0.328 e. The number of nitrogens with zero attached hydrogens (tertiary/aromatic N) is 2. The Morgan fingerprint density at radius 2 is 2.06 bits per heavy atom. The van der Waals surface area contributed by atoms with Crippen molar-refractivity contribution in [3.63, 3.8) is 0 Å². The number of amides is 2. The quantitative estimate of drug-likeness (QED) is 0.227. The first kappa shape index (κ1) is 28.4. The molecule has 12 heteroatoms. The Morgan fingerprint density at radius 3 is 2.75 bits per heavy atom. The average molecular weight is 555 g/mol. The van der Waals surface area contributed by atoms with Crippen LogP contribution < -0.4 is 14.9 Å². The molecule has 198 valence electrons. The predicted molar refractivity (Wildman–Crippen MR) is 144 cm³/mol. The van der Waals surface area contributed by atoms with E-state index in [0.29, 0.717) is 35.6 Å². The number of urea groups is 1. The van der Waals surface area contributed by atoms with Crippen molar-refractivity contribution in [1.82, 2.24) is 9.71 Å². The summed E-state index contributed by atoms with van der Waals surface area (Å²) in [5, 5.41) is 12.3. The Bertz CT molecular complexity index is 1130. The molecule has 1 aromatic carbocycles. The third kappa shape index (κ3) is 8.19. The summed E-state index contributed by atoms with van der Waals surface area (Å²) in [6.45, 7) is 4.50. The van der Waals surface area contributed by atoms with Crippen LogP contribution in [-0.2, 0) is 14.8 Å². The van der Waals surface area contributed by atoms with Crippen LogP contribution in [0.15, 0.2) is 39.6 Å². The van der Waals surface area contributed by atoms with Gasteiger partial charge in [0.25, 0.3) is 0 Å². The van der Waals surface area contributed by atoms with Gasteiger partial charge in [-0.2, -0.15) is 0 Å². The number of hydrogen-bond acceptors (Lipinski definition) is 7. The smallest absolute Gasteiger partial charge is 0.328 e. The van der Waals surface area contributed by atoms with E-state index in [1.54, 1.807) is 36.2 Å². The van der Waals surface area contributed by atoms with Crippen LogP contribution in [0, 0.1) is 11.8 Å². The molecular formula is C24H34N4O5S3. The molecule has 0 spiro atoms. The monoisotopic (exact) mass is 554 g/mol. The number of aliphatic carboxylic acids is 1. The molecule has 0 bridgehead atoms. The fraction of sp³-hybridized carbons (Fsp3) is 0.542. The highest BCUT2D eigenvalue weighted by Crippen LogP contribution is 2.32. The van der Waals surface area contributed by atoms with Crippen molar-refractivity contribution in [2.45, 2.75) is 61.5 Å². The summed E-state index contributed by atoms with van der Waals surface area (Å²) >= 11 is 2.67. The van der Waals surface area contributed by atoms with Gasteiger partial charge in [0.05, 0.1) is 21.2 Å². The molecule has 0 radical (unpaired) electrons. The number of hydrogen-bond donors (Lipinski definition) is 3. The molecule has 1 saturated carbocycles. The number of sulfonamides is 1. The van der Waals surface area contributed by atoms with Gasteiger partial charge in [0.1, 0.15) is 0 Å². The Hall–Kier alpha value is -2.15. The van der Waals surface area contributed by atoms with Crippen LogP contribution in [-0.4, -0.2) is 49.4 Å². The van der Waals surface area contributed by atoms with E-state index in [1.165, 1.54) is 29.2 Å². The Balaban J connectivity index is 1.76. The van der Waals surface area contributed by atoms with E-state index in [2.05, 4.69) is 15.0 Å². The van der Waals surface area contributed by atoms with Crippen molar-refractivity contribution in [2.75, 3.05) is 29.1 Å².